The quantitative estimate of drug-likeness (QED) is 0.316. The number of hydrogen-bond donors (Lipinski definition) is 0. The number of rotatable bonds is 15. The maximum absolute atomic E-state index is 11.7. The van der Waals surface area contributed by atoms with E-state index in [1.165, 1.54) is 18.4 Å². The smallest absolute Gasteiger partial charge is 0.305 e. The van der Waals surface area contributed by atoms with E-state index < -0.39 is 0 Å². The van der Waals surface area contributed by atoms with E-state index in [9.17, 15) is 9.59 Å². The summed E-state index contributed by atoms with van der Waals surface area (Å²) in [7, 11) is 0. The van der Waals surface area contributed by atoms with E-state index in [1.807, 2.05) is 18.2 Å². The van der Waals surface area contributed by atoms with Gasteiger partial charge in [-0.1, -0.05) is 62.9 Å². The van der Waals surface area contributed by atoms with Crippen molar-refractivity contribution in [1.29, 1.82) is 0 Å². The molecular formula is C22H34O4. The highest BCUT2D eigenvalue weighted by Gasteiger charge is 2.05. The van der Waals surface area contributed by atoms with Crippen LogP contribution in [0.1, 0.15) is 76.7 Å². The third-order valence-electron chi connectivity index (χ3n) is 4.24. The summed E-state index contributed by atoms with van der Waals surface area (Å²) in [6.45, 7) is 3.17. The molecule has 1 aromatic carbocycles. The van der Waals surface area contributed by atoms with Gasteiger partial charge >= 0.3 is 11.9 Å². The first kappa shape index (κ1) is 22.2. The van der Waals surface area contributed by atoms with Gasteiger partial charge in [0.15, 0.2) is 0 Å². The Labute approximate surface area is 158 Å². The van der Waals surface area contributed by atoms with Crippen LogP contribution in [0.5, 0.6) is 0 Å². The maximum Gasteiger partial charge on any atom is 0.305 e. The first-order valence-corrected chi connectivity index (χ1v) is 10.1. The Hall–Kier alpha value is -1.84. The molecule has 0 atom stereocenters. The molecule has 0 N–H and O–H groups in total. The molecule has 26 heavy (non-hydrogen) atoms. The monoisotopic (exact) mass is 362 g/mol. The zero-order chi connectivity index (χ0) is 18.9. The van der Waals surface area contributed by atoms with Crippen LogP contribution in [0.3, 0.4) is 0 Å². The lowest BCUT2D eigenvalue weighted by Gasteiger charge is -2.06. The van der Waals surface area contributed by atoms with Crippen LogP contribution in [0, 0.1) is 0 Å². The van der Waals surface area contributed by atoms with Crippen LogP contribution in [-0.4, -0.2) is 25.2 Å². The van der Waals surface area contributed by atoms with Crippen molar-refractivity contribution in [2.75, 3.05) is 13.2 Å². The normalized spacial score (nSPS) is 10.5. The lowest BCUT2D eigenvalue weighted by Crippen LogP contribution is -2.07. The van der Waals surface area contributed by atoms with Crippen LogP contribution >= 0.6 is 0 Å². The first-order valence-electron chi connectivity index (χ1n) is 10.1. The number of carbonyl (C=O) groups excluding carboxylic acids is 2. The SMILES string of the molecule is CCCCCCOC(=O)CCCCCC(=O)OCCCc1ccccc1. The van der Waals surface area contributed by atoms with Crippen molar-refractivity contribution in [1.82, 2.24) is 0 Å². The molecule has 0 unspecified atom stereocenters. The molecule has 0 spiro atoms. The van der Waals surface area contributed by atoms with E-state index in [-0.39, 0.29) is 11.9 Å². The fourth-order valence-electron chi connectivity index (χ4n) is 2.68. The second kappa shape index (κ2) is 15.4. The Morgan fingerprint density at radius 1 is 0.731 bits per heavy atom. The van der Waals surface area contributed by atoms with E-state index in [2.05, 4.69) is 19.1 Å². The zero-order valence-corrected chi connectivity index (χ0v) is 16.2. The number of esters is 2. The summed E-state index contributed by atoms with van der Waals surface area (Å²) >= 11 is 0. The lowest BCUT2D eigenvalue weighted by molar-refractivity contribution is -0.144. The van der Waals surface area contributed by atoms with Crippen molar-refractivity contribution in [3.05, 3.63) is 35.9 Å². The summed E-state index contributed by atoms with van der Waals surface area (Å²) in [5.74, 6) is -0.262. The van der Waals surface area contributed by atoms with Crippen LogP contribution in [-0.2, 0) is 25.5 Å². The highest BCUT2D eigenvalue weighted by atomic mass is 16.5. The van der Waals surface area contributed by atoms with Crippen LogP contribution in [0.2, 0.25) is 0 Å². The summed E-state index contributed by atoms with van der Waals surface area (Å²) in [5.41, 5.74) is 1.26. The van der Waals surface area contributed by atoms with E-state index in [0.717, 1.165) is 44.9 Å². The summed E-state index contributed by atoms with van der Waals surface area (Å²) < 4.78 is 10.4. The van der Waals surface area contributed by atoms with Crippen molar-refractivity contribution < 1.29 is 19.1 Å². The van der Waals surface area contributed by atoms with Crippen molar-refractivity contribution in [2.24, 2.45) is 0 Å². The van der Waals surface area contributed by atoms with Crippen LogP contribution in [0.15, 0.2) is 30.3 Å². The highest BCUT2D eigenvalue weighted by molar-refractivity contribution is 5.69. The summed E-state index contributed by atoms with van der Waals surface area (Å²) in [5, 5.41) is 0. The molecule has 1 aromatic rings. The van der Waals surface area contributed by atoms with Gasteiger partial charge < -0.3 is 9.47 Å². The lowest BCUT2D eigenvalue weighted by atomic mass is 10.1. The van der Waals surface area contributed by atoms with E-state index >= 15 is 0 Å². The number of benzene rings is 1. The molecule has 4 nitrogen and oxygen atoms in total. The molecule has 0 aliphatic heterocycles. The largest absolute Gasteiger partial charge is 0.466 e. The summed E-state index contributed by atoms with van der Waals surface area (Å²) in [6, 6.07) is 10.2. The average molecular weight is 363 g/mol. The standard InChI is InChI=1S/C22H34O4/c1-2-3-4-11-18-25-21(23)16-9-6-10-17-22(24)26-19-12-15-20-13-7-5-8-14-20/h5,7-8,13-14H,2-4,6,9-12,15-19H2,1H3. The molecule has 0 aliphatic carbocycles. The summed E-state index contributed by atoms with van der Waals surface area (Å²) in [4.78, 5) is 23.2. The predicted molar refractivity (Wildman–Crippen MR) is 104 cm³/mol. The number of aryl methyl sites for hydroxylation is 1. The molecule has 146 valence electrons. The van der Waals surface area contributed by atoms with Gasteiger partial charge in [-0.05, 0) is 37.7 Å². The van der Waals surface area contributed by atoms with Gasteiger partial charge in [0.25, 0.3) is 0 Å². The second-order valence-electron chi connectivity index (χ2n) is 6.65. The topological polar surface area (TPSA) is 52.6 Å². The minimum Gasteiger partial charge on any atom is -0.466 e. The van der Waals surface area contributed by atoms with Crippen molar-refractivity contribution in [3.63, 3.8) is 0 Å². The van der Waals surface area contributed by atoms with Gasteiger partial charge in [-0.15, -0.1) is 0 Å². The third kappa shape index (κ3) is 12.5. The third-order valence-corrected chi connectivity index (χ3v) is 4.24. The van der Waals surface area contributed by atoms with Crippen molar-refractivity contribution in [3.8, 4) is 0 Å². The molecule has 0 amide bonds. The van der Waals surface area contributed by atoms with Gasteiger partial charge in [-0.3, -0.25) is 9.59 Å². The molecule has 0 fully saturated rings. The number of ether oxygens (including phenoxy) is 2. The van der Waals surface area contributed by atoms with Gasteiger partial charge in [0, 0.05) is 12.8 Å². The Kier molecular flexibility index (Phi) is 13.2. The molecular weight excluding hydrogens is 328 g/mol. The van der Waals surface area contributed by atoms with Gasteiger partial charge in [0.05, 0.1) is 13.2 Å². The predicted octanol–water partition coefficient (Wildman–Crippen LogP) is 5.24. The molecule has 0 saturated carbocycles. The Morgan fingerprint density at radius 2 is 1.31 bits per heavy atom. The Bertz CT molecular complexity index is 484. The fraction of sp³-hybridized carbons (Fsp3) is 0.636. The maximum atomic E-state index is 11.7. The number of hydrogen-bond acceptors (Lipinski definition) is 4. The highest BCUT2D eigenvalue weighted by Crippen LogP contribution is 2.07. The zero-order valence-electron chi connectivity index (χ0n) is 16.2. The van der Waals surface area contributed by atoms with E-state index in [1.54, 1.807) is 0 Å². The first-order chi connectivity index (χ1) is 12.7. The van der Waals surface area contributed by atoms with Crippen LogP contribution in [0.25, 0.3) is 0 Å². The molecule has 0 heterocycles. The number of unbranched alkanes of at least 4 members (excludes halogenated alkanes) is 5. The second-order valence-corrected chi connectivity index (χ2v) is 6.65. The van der Waals surface area contributed by atoms with E-state index in [0.29, 0.717) is 26.1 Å². The van der Waals surface area contributed by atoms with Crippen molar-refractivity contribution in [2.45, 2.75) is 77.6 Å². The fourth-order valence-corrected chi connectivity index (χ4v) is 2.68. The van der Waals surface area contributed by atoms with Crippen LogP contribution in [0.4, 0.5) is 0 Å². The molecule has 1 rings (SSSR count). The van der Waals surface area contributed by atoms with Gasteiger partial charge in [-0.2, -0.15) is 0 Å². The Balaban J connectivity index is 1.89. The molecule has 0 aliphatic rings. The summed E-state index contributed by atoms with van der Waals surface area (Å²) in [6.07, 6.45) is 9.49. The van der Waals surface area contributed by atoms with Crippen LogP contribution < -0.4 is 0 Å². The molecule has 0 bridgehead atoms. The van der Waals surface area contributed by atoms with Gasteiger partial charge in [0.2, 0.25) is 0 Å². The molecule has 0 saturated heterocycles. The minimum atomic E-state index is -0.142. The van der Waals surface area contributed by atoms with Gasteiger partial charge in [0.1, 0.15) is 0 Å². The molecule has 0 radical (unpaired) electrons. The molecule has 0 aromatic heterocycles. The average Bonchev–Trinajstić information content (AvgIpc) is 2.65. The number of carbonyl (C=O) groups is 2. The Morgan fingerprint density at radius 3 is 1.92 bits per heavy atom. The van der Waals surface area contributed by atoms with E-state index in [4.69, 9.17) is 9.47 Å². The minimum absolute atomic E-state index is 0.120. The van der Waals surface area contributed by atoms with Crippen molar-refractivity contribution >= 4 is 11.9 Å². The van der Waals surface area contributed by atoms with Gasteiger partial charge in [-0.25, -0.2) is 0 Å². The molecule has 4 heteroatoms.